The zero-order chi connectivity index (χ0) is 21.7. The Balaban J connectivity index is 1.89. The summed E-state index contributed by atoms with van der Waals surface area (Å²) in [6, 6.07) is 1.63. The van der Waals surface area contributed by atoms with Crippen LogP contribution in [0.1, 0.15) is 12.6 Å². The first-order chi connectivity index (χ1) is 14.1. The summed E-state index contributed by atoms with van der Waals surface area (Å²) in [6.45, 7) is 5.00. The summed E-state index contributed by atoms with van der Waals surface area (Å²) < 4.78 is 76.6. The molecule has 0 aromatic carbocycles. The van der Waals surface area contributed by atoms with Crippen LogP contribution in [-0.2, 0) is 14.9 Å². The highest BCUT2D eigenvalue weighted by Gasteiger charge is 2.49. The van der Waals surface area contributed by atoms with Crippen molar-refractivity contribution in [2.75, 3.05) is 24.7 Å². The van der Waals surface area contributed by atoms with Crippen molar-refractivity contribution in [1.29, 1.82) is 0 Å². The van der Waals surface area contributed by atoms with Gasteiger partial charge in [0.1, 0.15) is 10.5 Å². The van der Waals surface area contributed by atoms with Crippen LogP contribution in [0.4, 0.5) is 19.0 Å². The van der Waals surface area contributed by atoms with Crippen LogP contribution in [0.15, 0.2) is 12.3 Å². The number of hydrogen-bond acceptors (Lipinski definition) is 10. The van der Waals surface area contributed by atoms with E-state index in [1.54, 1.807) is 19.2 Å². The van der Waals surface area contributed by atoms with Crippen molar-refractivity contribution >= 4 is 37.7 Å². The minimum atomic E-state index is -5.90. The number of aromatic nitrogens is 5. The molecule has 0 aliphatic carbocycles. The lowest BCUT2D eigenvalue weighted by atomic mass is 10.2. The fourth-order valence-electron chi connectivity index (χ4n) is 2.93. The number of rotatable bonds is 4. The summed E-state index contributed by atoms with van der Waals surface area (Å²) in [4.78, 5) is 6.27. The number of morpholine rings is 1. The summed E-state index contributed by atoms with van der Waals surface area (Å²) in [5.74, 6) is -0.343. The van der Waals surface area contributed by atoms with E-state index in [1.165, 1.54) is 4.68 Å². The number of fused-ring (bicyclic) bond motifs is 1. The highest BCUT2D eigenvalue weighted by atomic mass is 32.2. The van der Waals surface area contributed by atoms with E-state index in [1.807, 2.05) is 11.8 Å². The summed E-state index contributed by atoms with van der Waals surface area (Å²) in [5.41, 5.74) is -4.66. The van der Waals surface area contributed by atoms with E-state index in [9.17, 15) is 21.6 Å². The van der Waals surface area contributed by atoms with Gasteiger partial charge in [-0.3, -0.25) is 0 Å². The van der Waals surface area contributed by atoms with Crippen molar-refractivity contribution in [3.63, 3.8) is 0 Å². The average molecular weight is 464 g/mol. The van der Waals surface area contributed by atoms with Crippen LogP contribution in [0.25, 0.3) is 15.9 Å². The predicted octanol–water partition coefficient (Wildman–Crippen LogP) is 2.03. The number of halogens is 3. The molecule has 0 amide bonds. The van der Waals surface area contributed by atoms with Crippen LogP contribution < -0.4 is 9.08 Å². The molecule has 0 spiro atoms. The quantitative estimate of drug-likeness (QED) is 0.423. The van der Waals surface area contributed by atoms with E-state index in [4.69, 9.17) is 4.74 Å². The number of pyridine rings is 1. The molecule has 1 atom stereocenters. The Morgan fingerprint density at radius 1 is 1.37 bits per heavy atom. The molecule has 3 aromatic heterocycles. The Bertz CT molecular complexity index is 1190. The highest BCUT2D eigenvalue weighted by Crippen LogP contribution is 2.37. The summed E-state index contributed by atoms with van der Waals surface area (Å²) in [6.07, 6.45) is 1.62. The molecule has 4 rings (SSSR count). The molecule has 15 heteroatoms. The van der Waals surface area contributed by atoms with Crippen molar-refractivity contribution in [1.82, 2.24) is 24.4 Å². The molecule has 0 saturated carbocycles. The lowest BCUT2D eigenvalue weighted by molar-refractivity contribution is -0.0500. The van der Waals surface area contributed by atoms with Crippen molar-refractivity contribution in [3.05, 3.63) is 18.0 Å². The molecule has 0 N–H and O–H groups in total. The first-order valence-corrected chi connectivity index (χ1v) is 10.8. The van der Waals surface area contributed by atoms with E-state index in [2.05, 4.69) is 23.9 Å². The number of ether oxygens (including phenoxy) is 1. The number of aryl methyl sites for hydroxylation is 1. The van der Waals surface area contributed by atoms with E-state index in [0.29, 0.717) is 41.7 Å². The zero-order valence-electron chi connectivity index (χ0n) is 15.6. The van der Waals surface area contributed by atoms with Crippen LogP contribution in [-0.4, -0.2) is 64.1 Å². The zero-order valence-corrected chi connectivity index (χ0v) is 17.3. The van der Waals surface area contributed by atoms with E-state index >= 15 is 0 Å². The van der Waals surface area contributed by atoms with Crippen LogP contribution in [0.3, 0.4) is 0 Å². The van der Waals surface area contributed by atoms with Gasteiger partial charge in [-0.1, -0.05) is 5.21 Å². The number of hydrogen-bond donors (Lipinski definition) is 0. The number of anilines is 1. The molecule has 1 aliphatic heterocycles. The van der Waals surface area contributed by atoms with Crippen molar-refractivity contribution in [3.8, 4) is 11.6 Å². The summed E-state index contributed by atoms with van der Waals surface area (Å²) >= 11 is 0.751. The maximum atomic E-state index is 12.8. The van der Waals surface area contributed by atoms with Crippen molar-refractivity contribution in [2.24, 2.45) is 0 Å². The average Bonchev–Trinajstić information content (AvgIpc) is 3.27. The fraction of sp³-hybridized carbons (Fsp3) is 0.467. The Morgan fingerprint density at radius 3 is 2.77 bits per heavy atom. The minimum absolute atomic E-state index is 0.0658. The number of nitrogens with zero attached hydrogens (tertiary/aromatic N) is 6. The van der Waals surface area contributed by atoms with Crippen molar-refractivity contribution < 1.29 is 30.5 Å². The van der Waals surface area contributed by atoms with E-state index in [-0.39, 0.29) is 11.6 Å². The molecule has 162 valence electrons. The Labute approximate surface area is 172 Å². The molecule has 3 aromatic rings. The molecule has 0 bridgehead atoms. The molecular weight excluding hydrogens is 449 g/mol. The van der Waals surface area contributed by atoms with Gasteiger partial charge in [-0.2, -0.15) is 26.0 Å². The third kappa shape index (κ3) is 3.67. The molecular formula is C15H15F3N6O4S2. The van der Waals surface area contributed by atoms with Crippen LogP contribution in [0, 0.1) is 6.92 Å². The normalized spacial score (nSPS) is 18.2. The van der Waals surface area contributed by atoms with Gasteiger partial charge in [-0.05, 0) is 25.4 Å². The van der Waals surface area contributed by atoms with Crippen LogP contribution in [0.2, 0.25) is 0 Å². The third-order valence-electron chi connectivity index (χ3n) is 4.35. The van der Waals surface area contributed by atoms with Gasteiger partial charge in [0.2, 0.25) is 0 Å². The highest BCUT2D eigenvalue weighted by molar-refractivity contribution is 7.88. The monoisotopic (exact) mass is 464 g/mol. The Kier molecular flexibility index (Phi) is 5.06. The lowest BCUT2D eigenvalue weighted by Gasteiger charge is -2.34. The molecule has 1 aliphatic rings. The van der Waals surface area contributed by atoms with Gasteiger partial charge in [0, 0.05) is 12.6 Å². The first kappa shape index (κ1) is 20.7. The SMILES string of the molecule is Cc1cn(-c2cc(N3CCOC[C@H]3C)nc3c(OS(=O)(=O)C(F)(F)F)nsc23)nn1. The molecule has 30 heavy (non-hydrogen) atoms. The molecule has 1 fully saturated rings. The maximum Gasteiger partial charge on any atom is 0.534 e. The van der Waals surface area contributed by atoms with Gasteiger partial charge in [0.05, 0.1) is 36.8 Å². The molecule has 0 unspecified atom stereocenters. The molecule has 1 saturated heterocycles. The topological polar surface area (TPSA) is 112 Å². The van der Waals surface area contributed by atoms with E-state index < -0.39 is 21.5 Å². The Morgan fingerprint density at radius 2 is 2.13 bits per heavy atom. The van der Waals surface area contributed by atoms with Gasteiger partial charge >= 0.3 is 15.6 Å². The Hall–Kier alpha value is -2.52. The third-order valence-corrected chi connectivity index (χ3v) is 6.14. The second-order valence-corrected chi connectivity index (χ2v) is 8.88. The van der Waals surface area contributed by atoms with Gasteiger partial charge in [0.15, 0.2) is 5.52 Å². The van der Waals surface area contributed by atoms with Gasteiger partial charge < -0.3 is 13.8 Å². The second kappa shape index (κ2) is 7.31. The standard InChI is InChI=1S/C15H15F3N6O4S2/c1-8-6-24(22-20-8)10-5-11(23-3-4-27-7-9(23)2)19-12-13(10)29-21-14(12)28-30(25,26)15(16,17)18/h5-6,9H,3-4,7H2,1-2H3/t9-/m1/s1. The van der Waals surface area contributed by atoms with Crippen LogP contribution in [0.5, 0.6) is 5.88 Å². The molecule has 10 nitrogen and oxygen atoms in total. The molecule has 0 radical (unpaired) electrons. The lowest BCUT2D eigenvalue weighted by Crippen LogP contribution is -2.44. The number of alkyl halides is 3. The van der Waals surface area contributed by atoms with Gasteiger partial charge in [-0.25, -0.2) is 9.67 Å². The predicted molar refractivity (Wildman–Crippen MR) is 100 cm³/mol. The largest absolute Gasteiger partial charge is 0.534 e. The second-order valence-electron chi connectivity index (χ2n) is 6.57. The smallest absolute Gasteiger partial charge is 0.377 e. The molecule has 4 heterocycles. The van der Waals surface area contributed by atoms with Crippen molar-refractivity contribution in [2.45, 2.75) is 25.4 Å². The summed E-state index contributed by atoms with van der Waals surface area (Å²) in [7, 11) is -5.90. The maximum absolute atomic E-state index is 12.8. The fourth-order valence-corrected chi connectivity index (χ4v) is 4.16. The first-order valence-electron chi connectivity index (χ1n) is 8.62. The van der Waals surface area contributed by atoms with E-state index in [0.717, 1.165) is 11.5 Å². The summed E-state index contributed by atoms with van der Waals surface area (Å²) in [5, 5.41) is 7.92. The van der Waals surface area contributed by atoms with Gasteiger partial charge in [-0.15, -0.1) is 5.10 Å². The minimum Gasteiger partial charge on any atom is -0.377 e. The van der Waals surface area contributed by atoms with Crippen LogP contribution >= 0.6 is 11.5 Å². The van der Waals surface area contributed by atoms with Gasteiger partial charge in [0.25, 0.3) is 5.88 Å².